The highest BCUT2D eigenvalue weighted by atomic mass is 35.5. The Bertz CT molecular complexity index is 1280. The normalized spacial score (nSPS) is 15.7. The third-order valence-corrected chi connectivity index (χ3v) is 6.38. The van der Waals surface area contributed by atoms with Gasteiger partial charge in [0.15, 0.2) is 0 Å². The van der Waals surface area contributed by atoms with E-state index < -0.39 is 11.9 Å². The van der Waals surface area contributed by atoms with Crippen LogP contribution in [0.25, 0.3) is 0 Å². The van der Waals surface area contributed by atoms with Crippen LogP contribution in [0.5, 0.6) is 0 Å². The van der Waals surface area contributed by atoms with Gasteiger partial charge in [-0.3, -0.25) is 9.59 Å². The van der Waals surface area contributed by atoms with Gasteiger partial charge in [0.25, 0.3) is 5.91 Å². The Morgan fingerprint density at radius 2 is 1.92 bits per heavy atom. The molecule has 7 nitrogen and oxygen atoms in total. The molecule has 2 heterocycles. The van der Waals surface area contributed by atoms with Crippen molar-refractivity contribution in [2.75, 3.05) is 6.61 Å². The fraction of sp³-hybridized carbons (Fsp3) is 0.250. The average Bonchev–Trinajstić information content (AvgIpc) is 3.39. The Balaban J connectivity index is 1.58. The van der Waals surface area contributed by atoms with Crippen LogP contribution in [-0.2, 0) is 27.4 Å². The molecule has 0 aliphatic carbocycles. The van der Waals surface area contributed by atoms with Crippen LogP contribution in [0.3, 0.4) is 0 Å². The molecule has 2 aromatic carbocycles. The summed E-state index contributed by atoms with van der Waals surface area (Å²) in [6.07, 6.45) is 1.67. The molecule has 186 valence electrons. The van der Waals surface area contributed by atoms with Gasteiger partial charge in [-0.25, -0.2) is 4.79 Å². The number of carbonyl (C=O) groups excluding carboxylic acids is 3. The predicted molar refractivity (Wildman–Crippen MR) is 135 cm³/mol. The summed E-state index contributed by atoms with van der Waals surface area (Å²) in [7, 11) is 0. The van der Waals surface area contributed by atoms with E-state index in [2.05, 4.69) is 5.32 Å². The molecule has 8 heteroatoms. The molecule has 1 aromatic heterocycles. The van der Waals surface area contributed by atoms with Crippen molar-refractivity contribution in [3.63, 3.8) is 0 Å². The number of nitrogens with one attached hydrogen (secondary N) is 1. The zero-order chi connectivity index (χ0) is 25.7. The van der Waals surface area contributed by atoms with Gasteiger partial charge in [-0.05, 0) is 61.4 Å². The summed E-state index contributed by atoms with van der Waals surface area (Å²) in [5.41, 5.74) is 3.05. The van der Waals surface area contributed by atoms with Crippen LogP contribution < -0.4 is 5.32 Å². The highest BCUT2D eigenvalue weighted by Crippen LogP contribution is 2.38. The standard InChI is InChI=1S/C28H27ClN2O5/c1-3-35-28(34)26-18(2)31(25(32)15-24(26)20-9-11-22(29)12-10-20)17-19-6-4-7-21(14-19)27(33)30-16-23-8-5-13-36-23/h4-14,24H,3,15-17H2,1-2H3,(H,30,33). The van der Waals surface area contributed by atoms with E-state index in [0.717, 1.165) is 11.1 Å². The number of esters is 1. The summed E-state index contributed by atoms with van der Waals surface area (Å²) in [6.45, 7) is 4.23. The van der Waals surface area contributed by atoms with E-state index in [1.165, 1.54) is 0 Å². The molecular weight excluding hydrogens is 480 g/mol. The molecule has 2 amide bonds. The van der Waals surface area contributed by atoms with Gasteiger partial charge in [-0.1, -0.05) is 35.9 Å². The molecule has 0 radical (unpaired) electrons. The Labute approximate surface area is 214 Å². The van der Waals surface area contributed by atoms with Crippen LogP contribution in [0.15, 0.2) is 82.6 Å². The zero-order valence-corrected chi connectivity index (χ0v) is 20.9. The van der Waals surface area contributed by atoms with Crippen LogP contribution in [0.1, 0.15) is 53.4 Å². The molecule has 0 fully saturated rings. The van der Waals surface area contributed by atoms with Crippen molar-refractivity contribution >= 4 is 29.4 Å². The molecule has 1 aliphatic heterocycles. The maximum Gasteiger partial charge on any atom is 0.336 e. The highest BCUT2D eigenvalue weighted by Gasteiger charge is 2.36. The van der Waals surface area contributed by atoms with Crippen LogP contribution in [0.2, 0.25) is 5.02 Å². The van der Waals surface area contributed by atoms with Gasteiger partial charge in [0.2, 0.25) is 5.91 Å². The van der Waals surface area contributed by atoms with Crippen molar-refractivity contribution in [1.82, 2.24) is 10.2 Å². The Hall–Kier alpha value is -3.84. The molecule has 1 aliphatic rings. The van der Waals surface area contributed by atoms with Crippen LogP contribution >= 0.6 is 11.6 Å². The predicted octanol–water partition coefficient (Wildman–Crippen LogP) is 5.22. The van der Waals surface area contributed by atoms with E-state index in [1.54, 1.807) is 67.5 Å². The molecule has 0 bridgehead atoms. The third kappa shape index (κ3) is 5.69. The van der Waals surface area contributed by atoms with Gasteiger partial charge in [0.1, 0.15) is 5.76 Å². The minimum absolute atomic E-state index is 0.117. The fourth-order valence-corrected chi connectivity index (χ4v) is 4.46. The molecule has 0 saturated carbocycles. The van der Waals surface area contributed by atoms with Crippen LogP contribution in [0, 0.1) is 0 Å². The van der Waals surface area contributed by atoms with Crippen molar-refractivity contribution in [3.8, 4) is 0 Å². The molecular formula is C28H27ClN2O5. The molecule has 1 N–H and O–H groups in total. The summed E-state index contributed by atoms with van der Waals surface area (Å²) in [6, 6.07) is 17.8. The second-order valence-corrected chi connectivity index (χ2v) is 8.91. The van der Waals surface area contributed by atoms with E-state index in [4.69, 9.17) is 20.8 Å². The number of hydrogen-bond donors (Lipinski definition) is 1. The number of carbonyl (C=O) groups is 3. The van der Waals surface area contributed by atoms with Crippen molar-refractivity contribution in [2.24, 2.45) is 0 Å². The first-order valence-corrected chi connectivity index (χ1v) is 12.1. The number of rotatable bonds is 8. The maximum absolute atomic E-state index is 13.3. The number of benzene rings is 2. The van der Waals surface area contributed by atoms with Crippen molar-refractivity contribution in [2.45, 2.75) is 39.3 Å². The van der Waals surface area contributed by atoms with Gasteiger partial charge < -0.3 is 19.4 Å². The summed E-state index contributed by atoms with van der Waals surface area (Å²) in [5, 5.41) is 3.40. The first-order valence-electron chi connectivity index (χ1n) is 11.7. The quantitative estimate of drug-likeness (QED) is 0.423. The van der Waals surface area contributed by atoms with Crippen molar-refractivity contribution in [3.05, 3.63) is 106 Å². The van der Waals surface area contributed by atoms with Crippen molar-refractivity contribution < 1.29 is 23.5 Å². The lowest BCUT2D eigenvalue weighted by molar-refractivity contribution is -0.140. The van der Waals surface area contributed by atoms with Gasteiger partial charge in [-0.2, -0.15) is 0 Å². The molecule has 1 unspecified atom stereocenters. The Morgan fingerprint density at radius 1 is 1.14 bits per heavy atom. The van der Waals surface area contributed by atoms with Gasteiger partial charge in [-0.15, -0.1) is 0 Å². The van der Waals surface area contributed by atoms with E-state index >= 15 is 0 Å². The minimum atomic E-state index is -0.446. The lowest BCUT2D eigenvalue weighted by Crippen LogP contribution is -2.38. The Morgan fingerprint density at radius 3 is 2.61 bits per heavy atom. The van der Waals surface area contributed by atoms with Gasteiger partial charge >= 0.3 is 5.97 Å². The largest absolute Gasteiger partial charge is 0.467 e. The average molecular weight is 507 g/mol. The third-order valence-electron chi connectivity index (χ3n) is 6.12. The highest BCUT2D eigenvalue weighted by molar-refractivity contribution is 6.30. The van der Waals surface area contributed by atoms with Crippen molar-refractivity contribution in [1.29, 1.82) is 0 Å². The summed E-state index contributed by atoms with van der Waals surface area (Å²) in [5.74, 6) is -0.586. The maximum atomic E-state index is 13.3. The topological polar surface area (TPSA) is 88.8 Å². The lowest BCUT2D eigenvalue weighted by Gasteiger charge is -2.34. The zero-order valence-electron chi connectivity index (χ0n) is 20.1. The van der Waals surface area contributed by atoms with E-state index in [-0.39, 0.29) is 37.9 Å². The van der Waals surface area contributed by atoms with E-state index in [9.17, 15) is 14.4 Å². The molecule has 0 spiro atoms. The van der Waals surface area contributed by atoms with Gasteiger partial charge in [0.05, 0.1) is 31.5 Å². The summed E-state index contributed by atoms with van der Waals surface area (Å²) >= 11 is 6.04. The second-order valence-electron chi connectivity index (χ2n) is 8.47. The molecule has 1 atom stereocenters. The first-order chi connectivity index (χ1) is 17.4. The SMILES string of the molecule is CCOC(=O)C1=C(C)N(Cc2cccc(C(=O)NCc3ccco3)c2)C(=O)CC1c1ccc(Cl)cc1. The summed E-state index contributed by atoms with van der Waals surface area (Å²) < 4.78 is 10.6. The Kier molecular flexibility index (Phi) is 7.90. The smallest absolute Gasteiger partial charge is 0.336 e. The molecule has 3 aromatic rings. The number of ether oxygens (including phenoxy) is 1. The fourth-order valence-electron chi connectivity index (χ4n) is 4.33. The number of nitrogens with zero attached hydrogens (tertiary/aromatic N) is 1. The monoisotopic (exact) mass is 506 g/mol. The molecule has 0 saturated heterocycles. The second kappa shape index (κ2) is 11.3. The van der Waals surface area contributed by atoms with E-state index in [0.29, 0.717) is 27.6 Å². The number of halogens is 1. The number of furan rings is 1. The summed E-state index contributed by atoms with van der Waals surface area (Å²) in [4.78, 5) is 40.5. The number of amides is 2. The van der Waals surface area contributed by atoms with Crippen LogP contribution in [-0.4, -0.2) is 29.3 Å². The molecule has 36 heavy (non-hydrogen) atoms. The van der Waals surface area contributed by atoms with E-state index in [1.807, 2.05) is 18.2 Å². The number of allylic oxidation sites excluding steroid dienone is 1. The minimum Gasteiger partial charge on any atom is -0.467 e. The van der Waals surface area contributed by atoms with Gasteiger partial charge in [0, 0.05) is 28.6 Å². The first kappa shape index (κ1) is 25.3. The molecule has 4 rings (SSSR count). The number of hydrogen-bond acceptors (Lipinski definition) is 5. The lowest BCUT2D eigenvalue weighted by atomic mass is 9.83. The van der Waals surface area contributed by atoms with Crippen LogP contribution in [0.4, 0.5) is 0 Å².